The van der Waals surface area contributed by atoms with Gasteiger partial charge in [0, 0.05) is 42.6 Å². The molecule has 2 aliphatic rings. The third kappa shape index (κ3) is 4.31. The van der Waals surface area contributed by atoms with Crippen LogP contribution in [0.25, 0.3) is 10.9 Å². The predicted molar refractivity (Wildman–Crippen MR) is 130 cm³/mol. The largest absolute Gasteiger partial charge is 0.466 e. The molecule has 0 fully saturated rings. The number of fused-ring (bicyclic) bond motifs is 4. The van der Waals surface area contributed by atoms with Gasteiger partial charge in [0.25, 0.3) is 0 Å². The van der Waals surface area contributed by atoms with Crippen LogP contribution in [0.1, 0.15) is 70.7 Å². The van der Waals surface area contributed by atoms with Crippen molar-refractivity contribution >= 4 is 16.9 Å². The van der Waals surface area contributed by atoms with Crippen molar-refractivity contribution in [2.24, 2.45) is 5.41 Å². The lowest BCUT2D eigenvalue weighted by Gasteiger charge is -2.51. The van der Waals surface area contributed by atoms with Crippen LogP contribution in [0, 0.1) is 5.41 Å². The molecule has 180 valence electrons. The molecule has 0 saturated heterocycles. The number of aliphatic hydroxyl groups is 1. The summed E-state index contributed by atoms with van der Waals surface area (Å²) < 4.78 is 13.7. The molecule has 1 N–H and O–H groups in total. The third-order valence-electron chi connectivity index (χ3n) is 7.50. The first-order valence-corrected chi connectivity index (χ1v) is 12.2. The summed E-state index contributed by atoms with van der Waals surface area (Å²) in [5, 5.41) is 13.0. The van der Waals surface area contributed by atoms with Crippen LogP contribution in [0.15, 0.2) is 36.5 Å². The van der Waals surface area contributed by atoms with Crippen LogP contribution >= 0.6 is 0 Å². The first kappa shape index (κ1) is 23.8. The Balaban J connectivity index is 1.91. The van der Waals surface area contributed by atoms with E-state index >= 15 is 0 Å². The van der Waals surface area contributed by atoms with Gasteiger partial charge in [0.15, 0.2) is 0 Å². The van der Waals surface area contributed by atoms with Gasteiger partial charge in [0.1, 0.15) is 11.8 Å². The number of carbonyl (C=O) groups is 1. The summed E-state index contributed by atoms with van der Waals surface area (Å²) in [6.07, 6.45) is 7.68. The Morgan fingerprint density at radius 3 is 2.76 bits per heavy atom. The minimum Gasteiger partial charge on any atom is -0.466 e. The van der Waals surface area contributed by atoms with Crippen LogP contribution in [0.4, 0.5) is 0 Å². The van der Waals surface area contributed by atoms with Gasteiger partial charge in [-0.2, -0.15) is 0 Å². The summed E-state index contributed by atoms with van der Waals surface area (Å²) in [4.78, 5) is 13.9. The fourth-order valence-corrected chi connectivity index (χ4v) is 6.08. The lowest BCUT2D eigenvalue weighted by atomic mass is 9.66. The van der Waals surface area contributed by atoms with E-state index in [9.17, 15) is 9.90 Å². The fraction of sp³-hybridized carbons (Fsp3) is 0.593. The van der Waals surface area contributed by atoms with E-state index in [4.69, 9.17) is 9.47 Å². The molecular formula is C27H38N2O4. The van der Waals surface area contributed by atoms with Crippen molar-refractivity contribution in [1.82, 2.24) is 9.47 Å². The molecule has 0 saturated carbocycles. The van der Waals surface area contributed by atoms with Crippen molar-refractivity contribution in [2.75, 3.05) is 20.2 Å². The Bertz CT molecular complexity index is 1040. The average Bonchev–Trinajstić information content (AvgIpc) is 3.12. The van der Waals surface area contributed by atoms with E-state index in [0.717, 1.165) is 50.0 Å². The van der Waals surface area contributed by atoms with Gasteiger partial charge >= 0.3 is 5.97 Å². The number of hydrogen-bond acceptors (Lipinski definition) is 5. The second kappa shape index (κ2) is 9.15. The number of methoxy groups -OCH3 is 1. The van der Waals surface area contributed by atoms with Crippen LogP contribution in [0.3, 0.4) is 0 Å². The fourth-order valence-electron chi connectivity index (χ4n) is 6.08. The quantitative estimate of drug-likeness (QED) is 0.514. The highest BCUT2D eigenvalue weighted by Gasteiger charge is 2.52. The molecule has 6 heteroatoms. The molecule has 4 rings (SSSR count). The molecule has 2 aliphatic heterocycles. The van der Waals surface area contributed by atoms with Gasteiger partial charge < -0.3 is 24.0 Å². The number of benzene rings is 1. The highest BCUT2D eigenvalue weighted by Crippen LogP contribution is 2.57. The van der Waals surface area contributed by atoms with Crippen LogP contribution in [-0.4, -0.2) is 46.8 Å². The third-order valence-corrected chi connectivity index (χ3v) is 7.50. The maximum Gasteiger partial charge on any atom is 0.331 e. The summed E-state index contributed by atoms with van der Waals surface area (Å²) in [6, 6.07) is 8.38. The minimum absolute atomic E-state index is 0.0673. The zero-order valence-electron chi connectivity index (χ0n) is 20.6. The van der Waals surface area contributed by atoms with Crippen molar-refractivity contribution in [3.63, 3.8) is 0 Å². The normalized spacial score (nSPS) is 28.0. The van der Waals surface area contributed by atoms with Gasteiger partial charge in [0.05, 0.1) is 24.4 Å². The Morgan fingerprint density at radius 2 is 2.06 bits per heavy atom. The van der Waals surface area contributed by atoms with E-state index in [0.29, 0.717) is 6.42 Å². The predicted octanol–water partition coefficient (Wildman–Crippen LogP) is 4.90. The Hall–Kier alpha value is -2.31. The summed E-state index contributed by atoms with van der Waals surface area (Å²) in [6.45, 7) is 10.0. The van der Waals surface area contributed by atoms with Crippen LogP contribution in [-0.2, 0) is 26.4 Å². The van der Waals surface area contributed by atoms with Crippen molar-refractivity contribution in [2.45, 2.75) is 77.7 Å². The van der Waals surface area contributed by atoms with Gasteiger partial charge in [-0.3, -0.25) is 0 Å². The Kier molecular flexibility index (Phi) is 6.61. The van der Waals surface area contributed by atoms with Gasteiger partial charge in [-0.25, -0.2) is 4.79 Å². The molecule has 3 heterocycles. The van der Waals surface area contributed by atoms with Gasteiger partial charge in [-0.1, -0.05) is 25.1 Å². The molecule has 6 nitrogen and oxygen atoms in total. The molecule has 0 spiro atoms. The van der Waals surface area contributed by atoms with E-state index in [1.807, 2.05) is 19.2 Å². The average molecular weight is 455 g/mol. The number of esters is 1. The highest BCUT2D eigenvalue weighted by molar-refractivity contribution is 5.86. The van der Waals surface area contributed by atoms with Crippen molar-refractivity contribution < 1.29 is 19.4 Å². The van der Waals surface area contributed by atoms with Crippen molar-refractivity contribution in [1.29, 1.82) is 0 Å². The van der Waals surface area contributed by atoms with E-state index in [1.165, 1.54) is 24.1 Å². The topological polar surface area (TPSA) is 63.9 Å². The first-order valence-electron chi connectivity index (χ1n) is 12.2. The number of aromatic nitrogens is 1. The Morgan fingerprint density at radius 1 is 1.30 bits per heavy atom. The standard InChI is InChI=1S/C27H38N2O4/c1-6-27-14-9-15-28(17-13-23(30)32-5)16-12-21-20-10-7-8-11-22(20)29(26(4,31)18-27)24(21)25(27)33-19(2)3/h7-8,10-11,13,17,19,25,31H,6,9,12,14-16,18H2,1-5H3/b17-13+. The van der Waals surface area contributed by atoms with Crippen LogP contribution < -0.4 is 0 Å². The number of para-hydroxylation sites is 1. The maximum absolute atomic E-state index is 11.8. The van der Waals surface area contributed by atoms with E-state index in [1.54, 1.807) is 0 Å². The lowest BCUT2D eigenvalue weighted by molar-refractivity contribution is -0.165. The molecule has 0 radical (unpaired) electrons. The first-order chi connectivity index (χ1) is 15.7. The number of hydrogen-bond donors (Lipinski definition) is 1. The zero-order valence-corrected chi connectivity index (χ0v) is 20.6. The minimum atomic E-state index is -0.982. The molecule has 3 atom stereocenters. The molecule has 0 aliphatic carbocycles. The molecule has 2 bridgehead atoms. The second-order valence-corrected chi connectivity index (χ2v) is 10.1. The monoisotopic (exact) mass is 454 g/mol. The number of rotatable bonds is 5. The van der Waals surface area contributed by atoms with Gasteiger partial charge in [-0.15, -0.1) is 0 Å². The molecule has 0 amide bonds. The number of nitrogens with zero attached hydrogens (tertiary/aromatic N) is 2. The summed E-state index contributed by atoms with van der Waals surface area (Å²) >= 11 is 0. The highest BCUT2D eigenvalue weighted by atomic mass is 16.5. The lowest BCUT2D eigenvalue weighted by Crippen LogP contribution is -2.49. The molecule has 2 aromatic rings. The maximum atomic E-state index is 11.8. The van der Waals surface area contributed by atoms with Gasteiger partial charge in [0.2, 0.25) is 0 Å². The van der Waals surface area contributed by atoms with Crippen LogP contribution in [0.5, 0.6) is 0 Å². The van der Waals surface area contributed by atoms with E-state index < -0.39 is 5.72 Å². The molecule has 1 aromatic carbocycles. The van der Waals surface area contributed by atoms with Gasteiger partial charge in [-0.05, 0) is 58.1 Å². The van der Waals surface area contributed by atoms with Crippen molar-refractivity contribution in [3.8, 4) is 0 Å². The summed E-state index contributed by atoms with van der Waals surface area (Å²) in [5.74, 6) is -0.338. The second-order valence-electron chi connectivity index (χ2n) is 10.1. The molecule has 33 heavy (non-hydrogen) atoms. The molecular weight excluding hydrogens is 416 g/mol. The number of ether oxygens (including phenoxy) is 2. The molecule has 3 unspecified atom stereocenters. The summed E-state index contributed by atoms with van der Waals surface area (Å²) in [5.41, 5.74) is 2.28. The van der Waals surface area contributed by atoms with Crippen LogP contribution in [0.2, 0.25) is 0 Å². The van der Waals surface area contributed by atoms with E-state index in [2.05, 4.69) is 48.4 Å². The summed E-state index contributed by atoms with van der Waals surface area (Å²) in [7, 11) is 1.40. The van der Waals surface area contributed by atoms with Crippen molar-refractivity contribution in [3.05, 3.63) is 47.8 Å². The molecule has 1 aromatic heterocycles. The zero-order chi connectivity index (χ0) is 23.8. The van der Waals surface area contributed by atoms with E-state index in [-0.39, 0.29) is 23.6 Å². The number of carbonyl (C=O) groups excluding carboxylic acids is 1. The Labute approximate surface area is 197 Å². The smallest absolute Gasteiger partial charge is 0.331 e. The SMILES string of the molecule is CCC12CCCN(/C=C/C(=O)OC)CCc3c(n(c4ccccc34)C(C)(O)C1)C2OC(C)C.